The summed E-state index contributed by atoms with van der Waals surface area (Å²) in [5.74, 6) is -5.63. The van der Waals surface area contributed by atoms with Crippen LogP contribution in [-0.2, 0) is 19.9 Å². The lowest BCUT2D eigenvalue weighted by atomic mass is 9.87. The van der Waals surface area contributed by atoms with Crippen LogP contribution in [0.4, 0.5) is 33.3 Å². The number of amides is 1. The van der Waals surface area contributed by atoms with Crippen LogP contribution in [0.5, 0.6) is 0 Å². The molecule has 1 saturated carbocycles. The smallest absolute Gasteiger partial charge is 0.354 e. The first kappa shape index (κ1) is 28.5. The highest BCUT2D eigenvalue weighted by Gasteiger charge is 2.82. The van der Waals surface area contributed by atoms with E-state index in [1.807, 2.05) is 0 Å². The van der Waals surface area contributed by atoms with Gasteiger partial charge in [-0.15, -0.1) is 0 Å². The van der Waals surface area contributed by atoms with Gasteiger partial charge in [0.2, 0.25) is 5.91 Å². The molecule has 1 aliphatic carbocycles. The lowest BCUT2D eigenvalue weighted by molar-refractivity contribution is -0.181. The number of aromatic nitrogens is 3. The van der Waals surface area contributed by atoms with Crippen LogP contribution in [0.3, 0.4) is 0 Å². The number of rotatable bonds is 6. The number of halogens is 6. The molecule has 3 atom stereocenters. The zero-order valence-corrected chi connectivity index (χ0v) is 23.5. The molecular formula is C25H26ClF5N6O2S. The maximum atomic E-state index is 15.0. The molecule has 5 rings (SSSR count). The molecule has 40 heavy (non-hydrogen) atoms. The SMILES string of the molecule is C[C@@]1(C(F)(F)F)CN(c2ccc([C@H]3C(F)(F)[C@]3(C)C(=O)NCCN=S(C)(C)=O)cc2)c2cnc3cc(Cl)nn3c21. The average Bonchev–Trinajstić information content (AvgIpc) is 3.12. The molecule has 1 amide bonds. The van der Waals surface area contributed by atoms with E-state index in [0.717, 1.165) is 11.4 Å². The van der Waals surface area contributed by atoms with Crippen LogP contribution in [0.2, 0.25) is 5.15 Å². The number of carbonyl (C=O) groups excluding carboxylic acids is 1. The van der Waals surface area contributed by atoms with E-state index in [0.29, 0.717) is 5.69 Å². The van der Waals surface area contributed by atoms with Gasteiger partial charge < -0.3 is 10.2 Å². The van der Waals surface area contributed by atoms with Gasteiger partial charge in [-0.2, -0.15) is 18.3 Å². The number of nitrogens with one attached hydrogen (secondary N) is 1. The van der Waals surface area contributed by atoms with Gasteiger partial charge in [0, 0.05) is 47.1 Å². The van der Waals surface area contributed by atoms with E-state index >= 15 is 0 Å². The number of hydrogen-bond donors (Lipinski definition) is 1. The quantitative estimate of drug-likeness (QED) is 0.318. The molecule has 2 aliphatic rings. The van der Waals surface area contributed by atoms with Crippen LogP contribution >= 0.6 is 11.6 Å². The highest BCUT2D eigenvalue weighted by atomic mass is 35.5. The summed E-state index contributed by atoms with van der Waals surface area (Å²) in [5.41, 5.74) is -3.65. The summed E-state index contributed by atoms with van der Waals surface area (Å²) in [6, 6.07) is 7.05. The molecule has 2 aromatic heterocycles. The fraction of sp³-hybridized carbons (Fsp3) is 0.480. The lowest BCUT2D eigenvalue weighted by Crippen LogP contribution is -2.43. The van der Waals surface area contributed by atoms with Crippen molar-refractivity contribution < 1.29 is 31.0 Å². The molecule has 1 aromatic carbocycles. The first-order valence-corrected chi connectivity index (χ1v) is 14.9. The Morgan fingerprint density at radius 1 is 1.23 bits per heavy atom. The van der Waals surface area contributed by atoms with Gasteiger partial charge in [-0.3, -0.25) is 9.00 Å². The summed E-state index contributed by atoms with van der Waals surface area (Å²) in [6.45, 7) is 1.73. The zero-order chi connectivity index (χ0) is 29.5. The van der Waals surface area contributed by atoms with Crippen LogP contribution in [0.15, 0.2) is 40.9 Å². The molecular weight excluding hydrogens is 579 g/mol. The molecule has 1 aliphatic heterocycles. The molecule has 0 unspecified atom stereocenters. The van der Waals surface area contributed by atoms with Crippen LogP contribution in [0.1, 0.15) is 31.0 Å². The van der Waals surface area contributed by atoms with Crippen molar-refractivity contribution in [3.63, 3.8) is 0 Å². The van der Waals surface area contributed by atoms with Crippen molar-refractivity contribution in [3.8, 4) is 0 Å². The Morgan fingerprint density at radius 2 is 1.88 bits per heavy atom. The van der Waals surface area contributed by atoms with E-state index in [9.17, 15) is 31.0 Å². The molecule has 3 aromatic rings. The van der Waals surface area contributed by atoms with E-state index in [2.05, 4.69) is 19.8 Å². The second-order valence-corrected chi connectivity index (χ2v) is 13.8. The number of alkyl halides is 5. The third kappa shape index (κ3) is 4.30. The van der Waals surface area contributed by atoms with Crippen molar-refractivity contribution in [2.45, 2.75) is 37.3 Å². The monoisotopic (exact) mass is 604 g/mol. The average molecular weight is 605 g/mol. The summed E-state index contributed by atoms with van der Waals surface area (Å²) in [6.07, 6.45) is -0.475. The Bertz CT molecular complexity index is 1630. The minimum atomic E-state index is -4.65. The minimum absolute atomic E-state index is 0.00424. The van der Waals surface area contributed by atoms with Gasteiger partial charge in [0.15, 0.2) is 10.8 Å². The topological polar surface area (TPSA) is 92.0 Å². The maximum absolute atomic E-state index is 15.0. The fourth-order valence-electron chi connectivity index (χ4n) is 5.36. The Kier molecular flexibility index (Phi) is 6.42. The van der Waals surface area contributed by atoms with Crippen LogP contribution in [-0.4, -0.2) is 69.0 Å². The highest BCUT2D eigenvalue weighted by molar-refractivity contribution is 7.92. The second kappa shape index (κ2) is 9.00. The third-order valence-electron chi connectivity index (χ3n) is 7.71. The Morgan fingerprint density at radius 3 is 2.48 bits per heavy atom. The Labute approximate surface area is 232 Å². The number of carbonyl (C=O) groups is 1. The number of anilines is 2. The molecule has 15 heteroatoms. The molecule has 0 saturated heterocycles. The first-order chi connectivity index (χ1) is 18.4. The van der Waals surface area contributed by atoms with Crippen LogP contribution in [0.25, 0.3) is 5.65 Å². The van der Waals surface area contributed by atoms with Gasteiger partial charge in [-0.25, -0.2) is 22.6 Å². The first-order valence-electron chi connectivity index (χ1n) is 12.2. The van der Waals surface area contributed by atoms with Crippen molar-refractivity contribution in [1.29, 1.82) is 0 Å². The lowest BCUT2D eigenvalue weighted by Gasteiger charge is -2.28. The Balaban J connectivity index is 1.42. The number of fused-ring (bicyclic) bond motifs is 3. The molecule has 0 bridgehead atoms. The van der Waals surface area contributed by atoms with Crippen molar-refractivity contribution >= 4 is 44.3 Å². The molecule has 1 N–H and O–H groups in total. The van der Waals surface area contributed by atoms with Crippen molar-refractivity contribution in [2.75, 3.05) is 37.0 Å². The van der Waals surface area contributed by atoms with E-state index in [-0.39, 0.29) is 40.8 Å². The third-order valence-corrected chi connectivity index (χ3v) is 8.70. The predicted octanol–water partition coefficient (Wildman–Crippen LogP) is 4.94. The zero-order valence-electron chi connectivity index (χ0n) is 21.9. The van der Waals surface area contributed by atoms with Crippen molar-refractivity contribution in [3.05, 3.63) is 52.9 Å². The summed E-state index contributed by atoms with van der Waals surface area (Å²) in [4.78, 5) is 18.3. The normalized spacial score (nSPS) is 25.6. The largest absolute Gasteiger partial charge is 0.401 e. The minimum Gasteiger partial charge on any atom is -0.354 e. The fourth-order valence-corrected chi connectivity index (χ4v) is 6.07. The molecule has 1 fully saturated rings. The number of hydrogen-bond acceptors (Lipinski definition) is 6. The van der Waals surface area contributed by atoms with Gasteiger partial charge >= 0.3 is 6.18 Å². The van der Waals surface area contributed by atoms with E-state index < -0.39 is 51.0 Å². The van der Waals surface area contributed by atoms with Gasteiger partial charge in [0.1, 0.15) is 10.8 Å². The van der Waals surface area contributed by atoms with Crippen molar-refractivity contribution in [2.24, 2.45) is 9.78 Å². The number of nitrogens with zero attached hydrogens (tertiary/aromatic N) is 5. The summed E-state index contributed by atoms with van der Waals surface area (Å²) in [7, 11) is -2.38. The summed E-state index contributed by atoms with van der Waals surface area (Å²) >= 11 is 5.95. The van der Waals surface area contributed by atoms with Crippen LogP contribution in [0, 0.1) is 5.41 Å². The molecule has 8 nitrogen and oxygen atoms in total. The van der Waals surface area contributed by atoms with Gasteiger partial charge in [0.05, 0.1) is 30.0 Å². The van der Waals surface area contributed by atoms with Gasteiger partial charge in [0.25, 0.3) is 5.92 Å². The van der Waals surface area contributed by atoms with Gasteiger partial charge in [-0.05, 0) is 31.5 Å². The Hall–Kier alpha value is -3.00. The second-order valence-electron chi connectivity index (χ2n) is 10.8. The standard InChI is InChI=1S/C25H26ClF5N6O2S/c1-22(25(29,30)31)13-36(16-12-33-18-11-17(26)35-37(18)20(16)22)15-7-5-14(6-8-15)19-23(2,24(19,27)28)21(38)32-9-10-34-40(3,4)39/h5-8,11-12,19H,9-10,13H2,1-4H3,(H,32,38)/t19-,22-,23+/m1/s1. The van der Waals surface area contributed by atoms with Crippen LogP contribution < -0.4 is 10.2 Å². The van der Waals surface area contributed by atoms with E-state index in [4.69, 9.17) is 11.6 Å². The molecule has 0 radical (unpaired) electrons. The van der Waals surface area contributed by atoms with E-state index in [1.54, 1.807) is 0 Å². The molecule has 0 spiro atoms. The summed E-state index contributed by atoms with van der Waals surface area (Å²) in [5, 5.41) is 6.44. The van der Waals surface area contributed by atoms with E-state index in [1.165, 1.54) is 60.9 Å². The molecule has 3 heterocycles. The highest BCUT2D eigenvalue weighted by Crippen LogP contribution is 2.71. The predicted molar refractivity (Wildman–Crippen MR) is 141 cm³/mol. The maximum Gasteiger partial charge on any atom is 0.401 e. The summed E-state index contributed by atoms with van der Waals surface area (Å²) < 4.78 is 89.7. The van der Waals surface area contributed by atoms with Crippen molar-refractivity contribution in [1.82, 2.24) is 19.9 Å². The number of benzene rings is 1. The van der Waals surface area contributed by atoms with Gasteiger partial charge in [-0.1, -0.05) is 23.7 Å². The molecule has 216 valence electrons.